The number of aryl methyl sites for hydroxylation is 4. The van der Waals surface area contributed by atoms with Crippen LogP contribution >= 0.6 is 0 Å². The fourth-order valence-corrected chi connectivity index (χ4v) is 11.1. The maximum absolute atomic E-state index is 3.96. The van der Waals surface area contributed by atoms with Crippen molar-refractivity contribution in [2.24, 2.45) is 0 Å². The molecule has 0 heterocycles. The monoisotopic (exact) mass is 802 g/mol. The van der Waals surface area contributed by atoms with Gasteiger partial charge >= 0.3 is 0 Å². The van der Waals surface area contributed by atoms with E-state index in [0.717, 1.165) is 0 Å². The van der Waals surface area contributed by atoms with E-state index < -0.39 is 0 Å². The minimum Gasteiger partial charge on any atom is -0.0991 e. The Morgan fingerprint density at radius 1 is 0.365 bits per heavy atom. The number of fused-ring (bicyclic) bond motifs is 6. The molecular weight excluding hydrogens is 757 g/mol. The van der Waals surface area contributed by atoms with Gasteiger partial charge in [0.05, 0.1) is 0 Å². The van der Waals surface area contributed by atoms with Crippen LogP contribution in [0.25, 0.3) is 121 Å². The van der Waals surface area contributed by atoms with E-state index in [0.29, 0.717) is 0 Å². The topological polar surface area (TPSA) is 0 Å². The molecule has 0 amide bonds. The molecule has 0 atom stereocenters. The molecule has 10 aromatic carbocycles. The molecule has 0 radical (unpaired) electrons. The van der Waals surface area contributed by atoms with Crippen molar-refractivity contribution in [1.82, 2.24) is 0 Å². The lowest BCUT2D eigenvalue weighted by Gasteiger charge is -2.23. The number of allylic oxidation sites excluding steroid dienone is 5. The second-order valence-electron chi connectivity index (χ2n) is 17.9. The van der Waals surface area contributed by atoms with Crippen molar-refractivity contribution in [3.63, 3.8) is 0 Å². The van der Waals surface area contributed by atoms with Gasteiger partial charge in [-0.15, -0.1) is 0 Å². The summed E-state index contributed by atoms with van der Waals surface area (Å²) in [6.07, 6.45) is 6.13. The quantitative estimate of drug-likeness (QED) is 0.116. The third-order valence-corrected chi connectivity index (χ3v) is 14.1. The van der Waals surface area contributed by atoms with Crippen LogP contribution in [-0.2, 0) is 0 Å². The largest absolute Gasteiger partial charge is 0.0991 e. The molecule has 0 unspecified atom stereocenters. The van der Waals surface area contributed by atoms with Gasteiger partial charge in [0.25, 0.3) is 0 Å². The molecule has 0 aromatic heterocycles. The van der Waals surface area contributed by atoms with Crippen molar-refractivity contribution in [2.45, 2.75) is 34.6 Å². The molecule has 10 aromatic rings. The summed E-state index contributed by atoms with van der Waals surface area (Å²) in [5, 5.41) is 10.4. The maximum atomic E-state index is 3.96. The third-order valence-electron chi connectivity index (χ3n) is 14.1. The van der Waals surface area contributed by atoms with Crippen molar-refractivity contribution < 1.29 is 0 Å². The first-order valence-electron chi connectivity index (χ1n) is 22.2. The Bertz CT molecular complexity index is 3720. The molecule has 0 heteroatoms. The smallest absolute Gasteiger partial charge is 0.000708 e. The minimum absolute atomic E-state index is 1.22. The Morgan fingerprint density at radius 3 is 1.75 bits per heavy atom. The van der Waals surface area contributed by atoms with E-state index in [1.807, 2.05) is 6.08 Å². The Balaban J connectivity index is 1.26. The molecule has 0 saturated heterocycles. The lowest BCUT2D eigenvalue weighted by molar-refractivity contribution is 1.39. The zero-order valence-corrected chi connectivity index (χ0v) is 36.5. The van der Waals surface area contributed by atoms with Gasteiger partial charge in [0.15, 0.2) is 0 Å². The summed E-state index contributed by atoms with van der Waals surface area (Å²) in [6, 6.07) is 60.2. The first kappa shape index (κ1) is 37.2. The van der Waals surface area contributed by atoms with Gasteiger partial charge in [-0.3, -0.25) is 0 Å². The van der Waals surface area contributed by atoms with Crippen LogP contribution in [0.1, 0.15) is 40.3 Å². The molecule has 63 heavy (non-hydrogen) atoms. The number of rotatable bonds is 6. The van der Waals surface area contributed by atoms with Gasteiger partial charge in [-0.2, -0.15) is 0 Å². The van der Waals surface area contributed by atoms with Crippen molar-refractivity contribution in [3.8, 4) is 66.8 Å². The molecule has 0 saturated carbocycles. The highest BCUT2D eigenvalue weighted by Gasteiger charge is 2.33. The zero-order valence-electron chi connectivity index (χ0n) is 36.5. The third kappa shape index (κ3) is 5.47. The highest BCUT2D eigenvalue weighted by molar-refractivity contribution is 6.32. The van der Waals surface area contributed by atoms with E-state index >= 15 is 0 Å². The predicted octanol–water partition coefficient (Wildman–Crippen LogP) is 17.8. The van der Waals surface area contributed by atoms with E-state index in [2.05, 4.69) is 211 Å². The van der Waals surface area contributed by atoms with E-state index in [9.17, 15) is 0 Å². The van der Waals surface area contributed by atoms with Gasteiger partial charge in [0.1, 0.15) is 0 Å². The summed E-state index contributed by atoms with van der Waals surface area (Å²) in [6.45, 7) is 15.3. The van der Waals surface area contributed by atoms with Gasteiger partial charge in [0, 0.05) is 0 Å². The molecule has 2 aliphatic rings. The molecule has 0 aliphatic heterocycles. The van der Waals surface area contributed by atoms with E-state index in [4.69, 9.17) is 0 Å². The Morgan fingerprint density at radius 2 is 1.00 bits per heavy atom. The molecule has 0 spiro atoms. The summed E-state index contributed by atoms with van der Waals surface area (Å²) in [5.74, 6) is 0. The minimum atomic E-state index is 1.22. The lowest BCUT2D eigenvalue weighted by Crippen LogP contribution is -1.97. The summed E-state index contributed by atoms with van der Waals surface area (Å²) < 4.78 is 0. The lowest BCUT2D eigenvalue weighted by atomic mass is 9.79. The Hall–Kier alpha value is -7.54. The summed E-state index contributed by atoms with van der Waals surface area (Å²) >= 11 is 0. The zero-order chi connectivity index (χ0) is 42.7. The summed E-state index contributed by atoms with van der Waals surface area (Å²) in [7, 11) is 0. The van der Waals surface area contributed by atoms with Crippen molar-refractivity contribution >= 4 is 54.2 Å². The SMILES string of the molecule is C=C/C=C\C1=C(C)c2cccc3c(-c4ccc5c(-c6cc(C)ccc6C)c6c(c(-c7cc(C)ccc7C)c5c4)-c4cc5ccccc5c5cc(-c7ccccc7)cc-6c45)ccc1c23. The number of benzene rings is 10. The normalized spacial score (nSPS) is 12.8. The molecular formula is C63H46. The van der Waals surface area contributed by atoms with E-state index in [1.54, 1.807) is 0 Å². The first-order chi connectivity index (χ1) is 30.8. The van der Waals surface area contributed by atoms with Gasteiger partial charge in [0.2, 0.25) is 0 Å². The molecule has 2 aliphatic carbocycles. The standard InChI is InChI=1S/C63H46/c1-7-8-18-45-40(6)46-20-14-21-49-48(28-29-50(45)58(46)49)43-26-27-51-55(32-43)61(53-31-37(3)23-25-39(53)5)63-56-33-42-17-12-13-19-47(42)54-34-44(41-15-10-9-11-16-41)35-57(59(54)56)62(63)60(51)52-30-36(2)22-24-38(52)4/h7-35H,1H2,2-6H3/b18-8-. The summed E-state index contributed by atoms with van der Waals surface area (Å²) in [4.78, 5) is 0. The average Bonchev–Trinajstić information content (AvgIpc) is 3.78. The molecule has 0 fully saturated rings. The summed E-state index contributed by atoms with van der Waals surface area (Å²) in [5.41, 5.74) is 25.7. The fraction of sp³-hybridized carbons (Fsp3) is 0.0794. The second kappa shape index (κ2) is 14.0. The highest BCUT2D eigenvalue weighted by Crippen LogP contribution is 2.60. The van der Waals surface area contributed by atoms with Crippen LogP contribution < -0.4 is 0 Å². The molecule has 298 valence electrons. The number of hydrogen-bond donors (Lipinski definition) is 0. The van der Waals surface area contributed by atoms with Crippen LogP contribution in [0.4, 0.5) is 0 Å². The molecule has 12 rings (SSSR count). The molecule has 0 nitrogen and oxygen atoms in total. The molecule has 0 N–H and O–H groups in total. The fourth-order valence-electron chi connectivity index (χ4n) is 11.1. The van der Waals surface area contributed by atoms with Gasteiger partial charge in [-0.05, 0) is 202 Å². The van der Waals surface area contributed by atoms with Crippen LogP contribution in [0.5, 0.6) is 0 Å². The average molecular weight is 803 g/mol. The van der Waals surface area contributed by atoms with Crippen molar-refractivity contribution in [3.05, 3.63) is 216 Å². The first-order valence-corrected chi connectivity index (χ1v) is 22.2. The van der Waals surface area contributed by atoms with Gasteiger partial charge < -0.3 is 0 Å². The van der Waals surface area contributed by atoms with E-state index in [-0.39, 0.29) is 0 Å². The highest BCUT2D eigenvalue weighted by atomic mass is 14.4. The van der Waals surface area contributed by atoms with Gasteiger partial charge in [-0.25, -0.2) is 0 Å². The van der Waals surface area contributed by atoms with Crippen molar-refractivity contribution in [1.29, 1.82) is 0 Å². The van der Waals surface area contributed by atoms with Crippen LogP contribution in [0.3, 0.4) is 0 Å². The van der Waals surface area contributed by atoms with Crippen LogP contribution in [0, 0.1) is 27.7 Å². The Labute approximate surface area is 369 Å². The second-order valence-corrected chi connectivity index (χ2v) is 17.9. The van der Waals surface area contributed by atoms with Crippen LogP contribution in [-0.4, -0.2) is 0 Å². The Kier molecular flexibility index (Phi) is 8.27. The van der Waals surface area contributed by atoms with Gasteiger partial charge in [-0.1, -0.05) is 169 Å². The van der Waals surface area contributed by atoms with Crippen LogP contribution in [0.15, 0.2) is 183 Å². The maximum Gasteiger partial charge on any atom is -0.000708 e. The van der Waals surface area contributed by atoms with E-state index in [1.165, 1.54) is 154 Å². The predicted molar refractivity (Wildman–Crippen MR) is 273 cm³/mol. The number of hydrogen-bond acceptors (Lipinski definition) is 0. The molecule has 0 bridgehead atoms. The van der Waals surface area contributed by atoms with Crippen LogP contribution in [0.2, 0.25) is 0 Å². The van der Waals surface area contributed by atoms with Crippen molar-refractivity contribution in [2.75, 3.05) is 0 Å².